The number of ketones is 1. The Balaban J connectivity index is 2.04. The molecule has 0 saturated carbocycles. The summed E-state index contributed by atoms with van der Waals surface area (Å²) in [6.45, 7) is 9.86. The molecule has 1 saturated heterocycles. The molecule has 1 heterocycles. The van der Waals surface area contributed by atoms with Crippen molar-refractivity contribution in [3.05, 3.63) is 35.4 Å². The molecule has 1 aromatic carbocycles. The number of carbonyl (C=O) groups excluding carboxylic acids is 2. The topological polar surface area (TPSA) is 46.6 Å². The lowest BCUT2D eigenvalue weighted by molar-refractivity contribution is 0.0723. The van der Waals surface area contributed by atoms with Crippen LogP contribution >= 0.6 is 0 Å². The van der Waals surface area contributed by atoms with E-state index in [1.807, 2.05) is 26.6 Å². The maximum absolute atomic E-state index is 12.5. The summed E-state index contributed by atoms with van der Waals surface area (Å²) in [5.41, 5.74) is 1.16. The highest BCUT2D eigenvalue weighted by atomic mass is 28.4. The van der Waals surface area contributed by atoms with E-state index in [9.17, 15) is 9.59 Å². The van der Waals surface area contributed by atoms with E-state index in [0.717, 1.165) is 13.1 Å². The molecule has 1 aliphatic rings. The highest BCUT2D eigenvalue weighted by molar-refractivity contribution is 6.71. The molecule has 1 unspecified atom stereocenters. The lowest BCUT2D eigenvalue weighted by Gasteiger charge is -2.22. The Morgan fingerprint density at radius 3 is 2.05 bits per heavy atom. The molecule has 120 valence electrons. The Kier molecular flexibility index (Phi) is 5.18. The van der Waals surface area contributed by atoms with Gasteiger partial charge in [-0.3, -0.25) is 9.69 Å². The Labute approximate surface area is 133 Å². The lowest BCUT2D eigenvalue weighted by Crippen LogP contribution is -2.36. The monoisotopic (exact) mass is 319 g/mol. The van der Waals surface area contributed by atoms with Gasteiger partial charge in [0.1, 0.15) is 0 Å². The molecule has 0 aromatic heterocycles. The third kappa shape index (κ3) is 4.27. The quantitative estimate of drug-likeness (QED) is 0.617. The number of carbonyl (C=O) groups is 2. The van der Waals surface area contributed by atoms with Crippen LogP contribution in [0.3, 0.4) is 0 Å². The summed E-state index contributed by atoms with van der Waals surface area (Å²) in [6.07, 6.45) is 2.33. The minimum atomic E-state index is -1.90. The van der Waals surface area contributed by atoms with Crippen LogP contribution in [0.5, 0.6) is 0 Å². The van der Waals surface area contributed by atoms with Gasteiger partial charge in [0.2, 0.25) is 8.32 Å². The minimum absolute atomic E-state index is 0.0951. The molecule has 1 fully saturated rings. The van der Waals surface area contributed by atoms with Gasteiger partial charge in [-0.1, -0.05) is 12.1 Å². The second kappa shape index (κ2) is 6.75. The standard InChI is InChI=1S/C17H25NO3Si/c1-13(18-11-5-6-12-18)16(19)14-7-9-15(10-8-14)17(20)21-22(2,3)4/h7-10,13H,5-6,11-12H2,1-4H3. The molecule has 1 atom stereocenters. The number of rotatable bonds is 5. The maximum atomic E-state index is 12.5. The van der Waals surface area contributed by atoms with Gasteiger partial charge < -0.3 is 4.43 Å². The molecule has 0 N–H and O–H groups in total. The Morgan fingerprint density at radius 2 is 1.55 bits per heavy atom. The molecule has 5 heteroatoms. The maximum Gasteiger partial charge on any atom is 0.324 e. The van der Waals surface area contributed by atoms with Crippen LogP contribution in [0, 0.1) is 0 Å². The fraction of sp³-hybridized carbons (Fsp3) is 0.529. The van der Waals surface area contributed by atoms with Crippen LogP contribution in [0.2, 0.25) is 19.6 Å². The summed E-state index contributed by atoms with van der Waals surface area (Å²) in [5, 5.41) is 0. The number of Topliss-reactive ketones (excluding diaryl/α,β-unsaturated/α-hetero) is 1. The molecule has 0 amide bonds. The third-order valence-electron chi connectivity index (χ3n) is 3.87. The van der Waals surface area contributed by atoms with Crippen molar-refractivity contribution in [2.75, 3.05) is 13.1 Å². The summed E-state index contributed by atoms with van der Waals surface area (Å²) < 4.78 is 5.46. The number of hydrogen-bond acceptors (Lipinski definition) is 4. The first kappa shape index (κ1) is 16.9. The number of likely N-dealkylation sites (tertiary alicyclic amines) is 1. The Morgan fingerprint density at radius 1 is 1.05 bits per heavy atom. The van der Waals surface area contributed by atoms with Crippen LogP contribution in [0.25, 0.3) is 0 Å². The average Bonchev–Trinajstić information content (AvgIpc) is 2.98. The van der Waals surface area contributed by atoms with Crippen molar-refractivity contribution in [2.45, 2.75) is 45.4 Å². The second-order valence-electron chi connectivity index (χ2n) is 6.86. The number of hydrogen-bond donors (Lipinski definition) is 0. The van der Waals surface area contributed by atoms with E-state index in [1.54, 1.807) is 24.3 Å². The lowest BCUT2D eigenvalue weighted by atomic mass is 10.0. The zero-order valence-corrected chi connectivity index (χ0v) is 14.9. The van der Waals surface area contributed by atoms with Crippen LogP contribution in [0.4, 0.5) is 0 Å². The van der Waals surface area contributed by atoms with Crippen LogP contribution in [-0.4, -0.2) is 44.1 Å². The molecule has 0 aliphatic carbocycles. The van der Waals surface area contributed by atoms with Gasteiger partial charge in [-0.15, -0.1) is 0 Å². The Bertz CT molecular complexity index is 542. The first-order valence-electron chi connectivity index (χ1n) is 7.89. The third-order valence-corrected chi connectivity index (χ3v) is 4.67. The van der Waals surface area contributed by atoms with Gasteiger partial charge in [0, 0.05) is 5.56 Å². The van der Waals surface area contributed by atoms with Gasteiger partial charge in [-0.2, -0.15) is 0 Å². The molecule has 1 aliphatic heterocycles. The largest absolute Gasteiger partial charge is 0.516 e. The summed E-state index contributed by atoms with van der Waals surface area (Å²) in [7, 11) is -1.90. The van der Waals surface area contributed by atoms with Crippen molar-refractivity contribution in [3.8, 4) is 0 Å². The molecule has 22 heavy (non-hydrogen) atoms. The van der Waals surface area contributed by atoms with Gasteiger partial charge in [-0.05, 0) is 64.6 Å². The fourth-order valence-electron chi connectivity index (χ4n) is 2.64. The summed E-state index contributed by atoms with van der Waals surface area (Å²) in [6, 6.07) is 6.74. The van der Waals surface area contributed by atoms with Crippen molar-refractivity contribution in [3.63, 3.8) is 0 Å². The molecule has 0 bridgehead atoms. The van der Waals surface area contributed by atoms with Crippen molar-refractivity contribution in [2.24, 2.45) is 0 Å². The Hall–Kier alpha value is -1.46. The van der Waals surface area contributed by atoms with Gasteiger partial charge >= 0.3 is 5.97 Å². The molecular formula is C17H25NO3Si. The van der Waals surface area contributed by atoms with Crippen LogP contribution < -0.4 is 0 Å². The van der Waals surface area contributed by atoms with E-state index < -0.39 is 8.32 Å². The number of benzene rings is 1. The van der Waals surface area contributed by atoms with E-state index in [1.165, 1.54) is 12.8 Å². The molecule has 0 radical (unpaired) electrons. The molecule has 0 spiro atoms. The summed E-state index contributed by atoms with van der Waals surface area (Å²) >= 11 is 0. The zero-order chi connectivity index (χ0) is 16.3. The fourth-order valence-corrected chi connectivity index (χ4v) is 3.32. The summed E-state index contributed by atoms with van der Waals surface area (Å²) in [5.74, 6) is -0.183. The van der Waals surface area contributed by atoms with Crippen molar-refractivity contribution in [1.82, 2.24) is 4.90 Å². The van der Waals surface area contributed by atoms with Gasteiger partial charge in [0.05, 0.1) is 11.6 Å². The molecule has 2 rings (SSSR count). The average molecular weight is 319 g/mol. The van der Waals surface area contributed by atoms with E-state index in [0.29, 0.717) is 11.1 Å². The van der Waals surface area contributed by atoms with E-state index in [2.05, 4.69) is 4.90 Å². The van der Waals surface area contributed by atoms with Gasteiger partial charge in [0.25, 0.3) is 0 Å². The highest BCUT2D eigenvalue weighted by Gasteiger charge is 2.25. The summed E-state index contributed by atoms with van der Waals surface area (Å²) in [4.78, 5) is 26.7. The normalized spacial score (nSPS) is 17.3. The van der Waals surface area contributed by atoms with Crippen molar-refractivity contribution < 1.29 is 14.0 Å². The predicted octanol–water partition coefficient (Wildman–Crippen LogP) is 3.35. The second-order valence-corrected chi connectivity index (χ2v) is 11.3. The molecule has 4 nitrogen and oxygen atoms in total. The first-order valence-corrected chi connectivity index (χ1v) is 11.3. The first-order chi connectivity index (χ1) is 10.3. The van der Waals surface area contributed by atoms with E-state index in [4.69, 9.17) is 4.43 Å². The van der Waals surface area contributed by atoms with Gasteiger partial charge in [-0.25, -0.2) is 4.79 Å². The van der Waals surface area contributed by atoms with Crippen LogP contribution in [0.15, 0.2) is 24.3 Å². The van der Waals surface area contributed by atoms with E-state index in [-0.39, 0.29) is 17.8 Å². The number of nitrogens with zero attached hydrogens (tertiary/aromatic N) is 1. The van der Waals surface area contributed by atoms with Gasteiger partial charge in [0.15, 0.2) is 5.78 Å². The SMILES string of the molecule is CC(C(=O)c1ccc(C(=O)O[Si](C)(C)C)cc1)N1CCCC1. The van der Waals surface area contributed by atoms with Crippen molar-refractivity contribution >= 4 is 20.1 Å². The van der Waals surface area contributed by atoms with Crippen molar-refractivity contribution in [1.29, 1.82) is 0 Å². The highest BCUT2D eigenvalue weighted by Crippen LogP contribution is 2.17. The predicted molar refractivity (Wildman–Crippen MR) is 89.8 cm³/mol. The van der Waals surface area contributed by atoms with Crippen LogP contribution in [-0.2, 0) is 4.43 Å². The van der Waals surface area contributed by atoms with E-state index >= 15 is 0 Å². The molecule has 1 aromatic rings. The zero-order valence-electron chi connectivity index (χ0n) is 13.9. The smallest absolute Gasteiger partial charge is 0.324 e. The molecular weight excluding hydrogens is 294 g/mol. The minimum Gasteiger partial charge on any atom is -0.516 e. The van der Waals surface area contributed by atoms with Crippen LogP contribution in [0.1, 0.15) is 40.5 Å².